The van der Waals surface area contributed by atoms with Crippen molar-refractivity contribution in [2.24, 2.45) is 5.92 Å². The van der Waals surface area contributed by atoms with E-state index in [2.05, 4.69) is 27.7 Å². The number of nitrogens with one attached hydrogen (secondary N) is 2. The van der Waals surface area contributed by atoms with Gasteiger partial charge < -0.3 is 19.6 Å². The van der Waals surface area contributed by atoms with Crippen molar-refractivity contribution < 1.29 is 21.4 Å². The molecule has 128 valence electrons. The molecule has 0 saturated heterocycles. The summed E-state index contributed by atoms with van der Waals surface area (Å²) in [5.74, 6) is -0.0792. The van der Waals surface area contributed by atoms with Gasteiger partial charge in [-0.15, -0.1) is 0 Å². The largest absolute Gasteiger partial charge is 0.445 e. The van der Waals surface area contributed by atoms with Crippen molar-refractivity contribution in [2.75, 3.05) is 20.2 Å². The van der Waals surface area contributed by atoms with Crippen molar-refractivity contribution in [3.05, 3.63) is 35.9 Å². The standard InChI is InChI=1S/C14H20N2O3.CH4OS.2H2/c1-11(2)13(17)15-8-9-16-14(18)19-10-12-6-4-3-5-7-12;1-2-3;;/h3-7,11H,8-10H2,1-2H3,(H,15,17)(H,16,18);3H,1H3;2*1H. The molecule has 0 aliphatic heterocycles. The molecule has 0 radical (unpaired) electrons. The Bertz CT molecular complexity index is 437. The minimum absolute atomic E-state index is 0. The fourth-order valence-electron chi connectivity index (χ4n) is 1.33. The van der Waals surface area contributed by atoms with Crippen LogP contribution in [-0.4, -0.2) is 32.2 Å². The number of hydrogen-bond acceptors (Lipinski definition) is 5. The van der Waals surface area contributed by atoms with Crippen molar-refractivity contribution in [1.82, 2.24) is 10.6 Å². The fraction of sp³-hybridized carbons (Fsp3) is 0.467. The van der Waals surface area contributed by atoms with E-state index in [0.717, 1.165) is 5.56 Å². The van der Waals surface area contributed by atoms with E-state index >= 15 is 0 Å². The van der Waals surface area contributed by atoms with Crippen LogP contribution in [0.15, 0.2) is 30.3 Å². The molecule has 0 unspecified atom stereocenters. The molecule has 0 spiro atoms. The Balaban J connectivity index is -0.000000818. The quantitative estimate of drug-likeness (QED) is 0.425. The predicted molar refractivity (Wildman–Crippen MR) is 92.7 cm³/mol. The second-order valence-electron chi connectivity index (χ2n) is 4.62. The molecule has 0 aliphatic carbocycles. The van der Waals surface area contributed by atoms with E-state index < -0.39 is 6.09 Å². The van der Waals surface area contributed by atoms with E-state index in [-0.39, 0.29) is 21.3 Å². The van der Waals surface area contributed by atoms with Crippen LogP contribution in [0.4, 0.5) is 4.79 Å². The Kier molecular flexibility index (Phi) is 11.9. The molecule has 0 saturated carbocycles. The highest BCUT2D eigenvalue weighted by molar-refractivity contribution is 7.75. The minimum Gasteiger partial charge on any atom is -0.445 e. The van der Waals surface area contributed by atoms with Gasteiger partial charge in [-0.05, 0) is 18.5 Å². The third-order valence-electron chi connectivity index (χ3n) is 2.43. The summed E-state index contributed by atoms with van der Waals surface area (Å²) in [6.07, 6.45) is -0.484. The van der Waals surface area contributed by atoms with Gasteiger partial charge in [-0.3, -0.25) is 4.79 Å². The van der Waals surface area contributed by atoms with Gasteiger partial charge in [0.1, 0.15) is 6.61 Å². The predicted octanol–water partition coefficient (Wildman–Crippen LogP) is 2.65. The second kappa shape index (κ2) is 13.0. The van der Waals surface area contributed by atoms with Crippen LogP contribution < -0.4 is 10.6 Å². The first kappa shape index (κ1) is 20.3. The Hall–Kier alpha value is -1.73. The van der Waals surface area contributed by atoms with Crippen LogP contribution in [0.3, 0.4) is 0 Å². The SMILES string of the molecule is CC(C)C(=O)NCCNC(=O)OCc1ccccc1.COS.[HH].[HH]. The van der Waals surface area contributed by atoms with Crippen LogP contribution in [-0.2, 0) is 20.3 Å². The summed E-state index contributed by atoms with van der Waals surface area (Å²) < 4.78 is 8.96. The smallest absolute Gasteiger partial charge is 0.407 e. The molecule has 22 heavy (non-hydrogen) atoms. The van der Waals surface area contributed by atoms with Gasteiger partial charge in [-0.2, -0.15) is 0 Å². The van der Waals surface area contributed by atoms with Gasteiger partial charge in [0, 0.05) is 29.0 Å². The summed E-state index contributed by atoms with van der Waals surface area (Å²) in [5, 5.41) is 5.27. The lowest BCUT2D eigenvalue weighted by Crippen LogP contribution is -2.36. The molecule has 7 heteroatoms. The summed E-state index contributed by atoms with van der Waals surface area (Å²) in [7, 11) is 1.49. The summed E-state index contributed by atoms with van der Waals surface area (Å²) in [6.45, 7) is 4.63. The zero-order chi connectivity index (χ0) is 16.8. The van der Waals surface area contributed by atoms with E-state index in [4.69, 9.17) is 4.74 Å². The normalized spacial score (nSPS) is 9.50. The van der Waals surface area contributed by atoms with Crippen LogP contribution in [0.25, 0.3) is 0 Å². The van der Waals surface area contributed by atoms with Gasteiger partial charge in [0.15, 0.2) is 0 Å². The van der Waals surface area contributed by atoms with Crippen molar-refractivity contribution in [1.29, 1.82) is 0 Å². The molecule has 0 heterocycles. The lowest BCUT2D eigenvalue weighted by Gasteiger charge is -2.09. The topological polar surface area (TPSA) is 76.7 Å². The van der Waals surface area contributed by atoms with Crippen LogP contribution >= 0.6 is 12.9 Å². The number of rotatable bonds is 6. The summed E-state index contributed by atoms with van der Waals surface area (Å²) in [4.78, 5) is 22.6. The Morgan fingerprint density at radius 2 is 1.73 bits per heavy atom. The maximum Gasteiger partial charge on any atom is 0.407 e. The summed E-state index contributed by atoms with van der Waals surface area (Å²) in [6, 6.07) is 9.45. The average Bonchev–Trinajstić information content (AvgIpc) is 2.51. The Morgan fingerprint density at radius 3 is 2.27 bits per heavy atom. The van der Waals surface area contributed by atoms with E-state index in [1.807, 2.05) is 44.2 Å². The molecule has 2 N–H and O–H groups in total. The first-order chi connectivity index (χ1) is 10.5. The monoisotopic (exact) mass is 332 g/mol. The average molecular weight is 332 g/mol. The fourth-order valence-corrected chi connectivity index (χ4v) is 1.33. The number of carbonyl (C=O) groups is 2. The molecule has 1 rings (SSSR count). The molecule has 6 nitrogen and oxygen atoms in total. The molecule has 1 aromatic carbocycles. The van der Waals surface area contributed by atoms with Crippen LogP contribution in [0.5, 0.6) is 0 Å². The third-order valence-corrected chi connectivity index (χ3v) is 2.43. The lowest BCUT2D eigenvalue weighted by molar-refractivity contribution is -0.123. The van der Waals surface area contributed by atoms with E-state index in [1.54, 1.807) is 0 Å². The van der Waals surface area contributed by atoms with Crippen molar-refractivity contribution in [3.8, 4) is 0 Å². The number of alkyl carbamates (subject to hydrolysis) is 1. The van der Waals surface area contributed by atoms with Crippen LogP contribution in [0.2, 0.25) is 0 Å². The highest BCUT2D eigenvalue weighted by Crippen LogP contribution is 2.00. The van der Waals surface area contributed by atoms with Gasteiger partial charge in [0.2, 0.25) is 5.91 Å². The van der Waals surface area contributed by atoms with Gasteiger partial charge in [-0.25, -0.2) is 4.79 Å². The zero-order valence-corrected chi connectivity index (χ0v) is 14.1. The maximum atomic E-state index is 11.3. The Morgan fingerprint density at radius 1 is 1.18 bits per heavy atom. The second-order valence-corrected chi connectivity index (χ2v) is 4.98. The maximum absolute atomic E-state index is 11.3. The van der Waals surface area contributed by atoms with Crippen LogP contribution in [0.1, 0.15) is 22.3 Å². The van der Waals surface area contributed by atoms with Gasteiger partial charge in [0.05, 0.1) is 0 Å². The minimum atomic E-state index is -0.484. The molecule has 1 aromatic rings. The van der Waals surface area contributed by atoms with Crippen LogP contribution in [0, 0.1) is 5.92 Å². The number of carbonyl (C=O) groups excluding carboxylic acids is 2. The molecule has 0 aromatic heterocycles. The summed E-state index contributed by atoms with van der Waals surface area (Å²) in [5.41, 5.74) is 0.936. The number of hydrogen-bond donors (Lipinski definition) is 3. The van der Waals surface area contributed by atoms with Crippen molar-refractivity contribution >= 4 is 24.9 Å². The van der Waals surface area contributed by atoms with Gasteiger partial charge in [0.25, 0.3) is 0 Å². The molecular weight excluding hydrogens is 304 g/mol. The first-order valence-electron chi connectivity index (χ1n) is 6.91. The van der Waals surface area contributed by atoms with E-state index in [0.29, 0.717) is 13.1 Å². The highest BCUT2D eigenvalue weighted by Gasteiger charge is 2.06. The van der Waals surface area contributed by atoms with Crippen molar-refractivity contribution in [2.45, 2.75) is 20.5 Å². The van der Waals surface area contributed by atoms with Gasteiger partial charge in [-0.1, -0.05) is 44.2 Å². The lowest BCUT2D eigenvalue weighted by atomic mass is 10.2. The molecule has 2 amide bonds. The molecule has 0 bridgehead atoms. The number of ether oxygens (including phenoxy) is 1. The molecular formula is C15H28N2O4S. The van der Waals surface area contributed by atoms with E-state index in [9.17, 15) is 9.59 Å². The highest BCUT2D eigenvalue weighted by atomic mass is 32.1. The zero-order valence-electron chi connectivity index (χ0n) is 13.2. The molecule has 0 aliphatic rings. The molecule has 0 fully saturated rings. The molecule has 0 atom stereocenters. The third kappa shape index (κ3) is 11.0. The summed E-state index contributed by atoms with van der Waals surface area (Å²) >= 11 is 3.29. The number of benzene rings is 1. The number of thiol groups is 1. The van der Waals surface area contributed by atoms with E-state index in [1.165, 1.54) is 7.11 Å². The van der Waals surface area contributed by atoms with Gasteiger partial charge >= 0.3 is 6.09 Å². The Labute approximate surface area is 140 Å². The first-order valence-corrected chi connectivity index (χ1v) is 7.27. The van der Waals surface area contributed by atoms with Crippen molar-refractivity contribution in [3.63, 3.8) is 0 Å². The number of amides is 2.